The largest absolute Gasteiger partial charge is 0.488 e. The van der Waals surface area contributed by atoms with Gasteiger partial charge in [-0.2, -0.15) is 0 Å². The Hall–Kier alpha value is -1.06. The van der Waals surface area contributed by atoms with Gasteiger partial charge in [-0.1, -0.05) is 25.1 Å². The molecule has 0 spiro atoms. The molecule has 1 aromatic carbocycles. The summed E-state index contributed by atoms with van der Waals surface area (Å²) in [6, 6.07) is 10.4. The summed E-state index contributed by atoms with van der Waals surface area (Å²) in [6.07, 6.45) is 1.38. The summed E-state index contributed by atoms with van der Waals surface area (Å²) >= 11 is 0. The molecule has 1 aliphatic rings. The molecule has 94 valence electrons. The fourth-order valence-electron chi connectivity index (χ4n) is 2.25. The quantitative estimate of drug-likeness (QED) is 0.820. The van der Waals surface area contributed by atoms with Crippen LogP contribution in [0, 0.1) is 0 Å². The molecule has 0 heterocycles. The average Bonchev–Trinajstić information content (AvgIpc) is 2.36. The van der Waals surface area contributed by atoms with Crippen molar-refractivity contribution in [2.75, 3.05) is 13.2 Å². The van der Waals surface area contributed by atoms with Gasteiger partial charge < -0.3 is 14.8 Å². The first kappa shape index (κ1) is 12.4. The molecule has 17 heavy (non-hydrogen) atoms. The minimum absolute atomic E-state index is 0.181. The number of hydrogen-bond acceptors (Lipinski definition) is 3. The maximum Gasteiger partial charge on any atom is 0.128 e. The predicted octanol–water partition coefficient (Wildman–Crippen LogP) is 2.22. The number of para-hydroxylation sites is 1. The maximum absolute atomic E-state index is 5.93. The number of likely N-dealkylation sites (N-methyl/N-ethyl adjacent to an activating group) is 1. The molecule has 0 radical (unpaired) electrons. The summed E-state index contributed by atoms with van der Waals surface area (Å²) in [5, 5.41) is 3.43. The van der Waals surface area contributed by atoms with Gasteiger partial charge in [0.05, 0.1) is 0 Å². The van der Waals surface area contributed by atoms with E-state index in [0.29, 0.717) is 6.04 Å². The van der Waals surface area contributed by atoms with Crippen molar-refractivity contribution in [1.29, 1.82) is 0 Å². The molecule has 0 bridgehead atoms. The first-order valence-corrected chi connectivity index (χ1v) is 6.41. The Bertz CT molecular complexity index is 328. The summed E-state index contributed by atoms with van der Waals surface area (Å²) in [4.78, 5) is 0. The van der Waals surface area contributed by atoms with Crippen LogP contribution in [0.2, 0.25) is 0 Å². The molecule has 0 amide bonds. The zero-order chi connectivity index (χ0) is 12.1. The zero-order valence-corrected chi connectivity index (χ0v) is 10.6. The second kappa shape index (κ2) is 6.03. The van der Waals surface area contributed by atoms with E-state index in [0.717, 1.165) is 25.3 Å². The van der Waals surface area contributed by atoms with E-state index in [9.17, 15) is 0 Å². The fraction of sp³-hybridized carbons (Fsp3) is 0.571. The van der Waals surface area contributed by atoms with Crippen molar-refractivity contribution in [3.63, 3.8) is 0 Å². The molecule has 3 nitrogen and oxygen atoms in total. The third-order valence-electron chi connectivity index (χ3n) is 3.11. The lowest BCUT2D eigenvalue weighted by Gasteiger charge is -2.44. The van der Waals surface area contributed by atoms with Crippen LogP contribution in [0.4, 0.5) is 0 Å². The lowest BCUT2D eigenvalue weighted by molar-refractivity contribution is -0.104. The summed E-state index contributed by atoms with van der Waals surface area (Å²) < 4.78 is 11.7. The first-order valence-electron chi connectivity index (χ1n) is 6.41. The highest BCUT2D eigenvalue weighted by molar-refractivity contribution is 5.22. The van der Waals surface area contributed by atoms with Crippen molar-refractivity contribution < 1.29 is 9.47 Å². The van der Waals surface area contributed by atoms with Gasteiger partial charge in [-0.05, 0) is 25.6 Å². The van der Waals surface area contributed by atoms with Crippen molar-refractivity contribution in [3.05, 3.63) is 30.3 Å². The number of rotatable bonds is 6. The maximum atomic E-state index is 5.93. The summed E-state index contributed by atoms with van der Waals surface area (Å²) in [5.74, 6) is 0.928. The molecule has 0 aliphatic heterocycles. The van der Waals surface area contributed by atoms with Crippen molar-refractivity contribution in [1.82, 2.24) is 5.32 Å². The van der Waals surface area contributed by atoms with Gasteiger partial charge in [0.1, 0.15) is 18.0 Å². The van der Waals surface area contributed by atoms with Gasteiger partial charge in [-0.25, -0.2) is 0 Å². The Morgan fingerprint density at radius 2 is 2.00 bits per heavy atom. The zero-order valence-electron chi connectivity index (χ0n) is 10.6. The second-order valence-electron chi connectivity index (χ2n) is 4.29. The number of nitrogens with one attached hydrogen (secondary N) is 1. The molecule has 3 heteroatoms. The molecule has 0 saturated heterocycles. The minimum atomic E-state index is 0.181. The van der Waals surface area contributed by atoms with Gasteiger partial charge in [0.25, 0.3) is 0 Å². The summed E-state index contributed by atoms with van der Waals surface area (Å²) in [7, 11) is 0. The Morgan fingerprint density at radius 1 is 1.24 bits per heavy atom. The summed E-state index contributed by atoms with van der Waals surface area (Å²) in [6.45, 7) is 5.86. The first-order chi connectivity index (χ1) is 8.35. The Morgan fingerprint density at radius 3 is 2.65 bits per heavy atom. The average molecular weight is 235 g/mol. The Labute approximate surface area is 103 Å². The molecule has 1 aliphatic carbocycles. The molecule has 3 atom stereocenters. The van der Waals surface area contributed by atoms with E-state index in [1.807, 2.05) is 37.3 Å². The van der Waals surface area contributed by atoms with E-state index in [2.05, 4.69) is 12.2 Å². The van der Waals surface area contributed by atoms with Crippen molar-refractivity contribution in [3.8, 4) is 5.75 Å². The monoisotopic (exact) mass is 235 g/mol. The van der Waals surface area contributed by atoms with Gasteiger partial charge in [0.2, 0.25) is 0 Å². The van der Waals surface area contributed by atoms with Gasteiger partial charge in [-0.15, -0.1) is 0 Å². The highest BCUT2D eigenvalue weighted by Gasteiger charge is 2.43. The van der Waals surface area contributed by atoms with Crippen LogP contribution in [0.15, 0.2) is 30.3 Å². The molecule has 1 N–H and O–H groups in total. The Kier molecular flexibility index (Phi) is 4.40. The van der Waals surface area contributed by atoms with Crippen molar-refractivity contribution >= 4 is 0 Å². The normalized spacial score (nSPS) is 27.5. The van der Waals surface area contributed by atoms with Gasteiger partial charge in [0, 0.05) is 19.1 Å². The highest BCUT2D eigenvalue weighted by Crippen LogP contribution is 2.29. The molecular weight excluding hydrogens is 214 g/mol. The molecule has 1 fully saturated rings. The molecular formula is C14H21NO2. The third-order valence-corrected chi connectivity index (χ3v) is 3.11. The van der Waals surface area contributed by atoms with Crippen LogP contribution < -0.4 is 10.1 Å². The smallest absolute Gasteiger partial charge is 0.128 e. The Balaban J connectivity index is 1.89. The van der Waals surface area contributed by atoms with E-state index in [-0.39, 0.29) is 12.2 Å². The summed E-state index contributed by atoms with van der Waals surface area (Å²) in [5.41, 5.74) is 0. The van der Waals surface area contributed by atoms with Gasteiger partial charge >= 0.3 is 0 Å². The molecule has 2 rings (SSSR count). The number of benzene rings is 1. The molecule has 0 aromatic heterocycles. The van der Waals surface area contributed by atoms with Gasteiger partial charge in [-0.3, -0.25) is 0 Å². The van der Waals surface area contributed by atoms with E-state index < -0.39 is 0 Å². The van der Waals surface area contributed by atoms with Crippen LogP contribution in [0.1, 0.15) is 20.3 Å². The highest BCUT2D eigenvalue weighted by atomic mass is 16.5. The van der Waals surface area contributed by atoms with E-state index in [1.165, 1.54) is 0 Å². The number of hydrogen-bond donors (Lipinski definition) is 1. The van der Waals surface area contributed by atoms with Crippen LogP contribution in [0.5, 0.6) is 5.75 Å². The van der Waals surface area contributed by atoms with Crippen LogP contribution in [0.3, 0.4) is 0 Å². The SMILES string of the molecule is CCNC1CC(Oc2ccccc2)C1OCC. The fourth-order valence-corrected chi connectivity index (χ4v) is 2.25. The lowest BCUT2D eigenvalue weighted by Crippen LogP contribution is -2.61. The van der Waals surface area contributed by atoms with E-state index in [1.54, 1.807) is 0 Å². The third kappa shape index (κ3) is 2.99. The van der Waals surface area contributed by atoms with Crippen LogP contribution in [-0.2, 0) is 4.74 Å². The topological polar surface area (TPSA) is 30.5 Å². The predicted molar refractivity (Wildman–Crippen MR) is 68.4 cm³/mol. The van der Waals surface area contributed by atoms with Crippen molar-refractivity contribution in [2.45, 2.75) is 38.5 Å². The van der Waals surface area contributed by atoms with E-state index in [4.69, 9.17) is 9.47 Å². The minimum Gasteiger partial charge on any atom is -0.488 e. The van der Waals surface area contributed by atoms with Crippen LogP contribution >= 0.6 is 0 Å². The second-order valence-corrected chi connectivity index (χ2v) is 4.29. The standard InChI is InChI=1S/C14H21NO2/c1-3-15-12-10-13(14(12)16-4-2)17-11-8-6-5-7-9-11/h5-9,12-15H,3-4,10H2,1-2H3. The van der Waals surface area contributed by atoms with E-state index >= 15 is 0 Å². The molecule has 1 aromatic rings. The van der Waals surface area contributed by atoms with Gasteiger partial charge in [0.15, 0.2) is 0 Å². The lowest BCUT2D eigenvalue weighted by atomic mass is 9.85. The molecule has 1 saturated carbocycles. The van der Waals surface area contributed by atoms with Crippen LogP contribution in [-0.4, -0.2) is 31.4 Å². The molecule has 3 unspecified atom stereocenters. The number of ether oxygens (including phenoxy) is 2. The van der Waals surface area contributed by atoms with Crippen molar-refractivity contribution in [2.24, 2.45) is 0 Å². The van der Waals surface area contributed by atoms with Crippen LogP contribution in [0.25, 0.3) is 0 Å².